The summed E-state index contributed by atoms with van der Waals surface area (Å²) in [5.74, 6) is 2.26. The van der Waals surface area contributed by atoms with Crippen LogP contribution < -0.4 is 0 Å². The van der Waals surface area contributed by atoms with E-state index in [1.165, 1.54) is 17.7 Å². The zero-order valence-electron chi connectivity index (χ0n) is 10.6. The fraction of sp³-hybridized carbons (Fsp3) is 0.538. The quantitative estimate of drug-likeness (QED) is 0.854. The predicted molar refractivity (Wildman–Crippen MR) is 76.7 cm³/mol. The zero-order valence-corrected chi connectivity index (χ0v) is 12.2. The molecule has 1 unspecified atom stereocenters. The van der Waals surface area contributed by atoms with Crippen molar-refractivity contribution < 1.29 is 0 Å². The second-order valence-corrected chi connectivity index (χ2v) is 6.60. The number of nitrogens with zero attached hydrogens (tertiary/aromatic N) is 2. The van der Waals surface area contributed by atoms with Crippen molar-refractivity contribution in [3.05, 3.63) is 33.0 Å². The molecule has 0 saturated heterocycles. The first-order valence-corrected chi connectivity index (χ1v) is 7.67. The first-order chi connectivity index (χ1) is 8.68. The molecule has 1 fully saturated rings. The number of aromatic amines is 1. The van der Waals surface area contributed by atoms with E-state index in [0.29, 0.717) is 17.9 Å². The number of H-pyrrole nitrogens is 1. The topological polar surface area (TPSA) is 33.6 Å². The fourth-order valence-electron chi connectivity index (χ4n) is 2.43. The van der Waals surface area contributed by atoms with Crippen LogP contribution in [0.25, 0.3) is 0 Å². The van der Waals surface area contributed by atoms with Gasteiger partial charge in [0, 0.05) is 10.8 Å². The molecule has 1 aliphatic rings. The minimum atomic E-state index is 0.312. The smallest absolute Gasteiger partial charge is 0.195 e. The van der Waals surface area contributed by atoms with Gasteiger partial charge in [0.05, 0.1) is 6.04 Å². The van der Waals surface area contributed by atoms with Gasteiger partial charge in [0.1, 0.15) is 5.82 Å². The lowest BCUT2D eigenvalue weighted by Crippen LogP contribution is -2.18. The molecule has 0 spiro atoms. The van der Waals surface area contributed by atoms with Crippen molar-refractivity contribution in [2.45, 2.75) is 38.6 Å². The summed E-state index contributed by atoms with van der Waals surface area (Å²) < 4.78 is 2.99. The van der Waals surface area contributed by atoms with Crippen molar-refractivity contribution in [1.82, 2.24) is 14.8 Å². The number of hydrogen-bond donors (Lipinski definition) is 1. The Morgan fingerprint density at radius 2 is 2.28 bits per heavy atom. The molecule has 0 amide bonds. The highest BCUT2D eigenvalue weighted by molar-refractivity contribution is 7.71. The van der Waals surface area contributed by atoms with Crippen LogP contribution in [-0.2, 0) is 0 Å². The number of rotatable bonds is 4. The van der Waals surface area contributed by atoms with Crippen LogP contribution in [0.5, 0.6) is 0 Å². The molecule has 0 aromatic carbocycles. The van der Waals surface area contributed by atoms with E-state index in [2.05, 4.69) is 46.1 Å². The maximum atomic E-state index is 5.44. The van der Waals surface area contributed by atoms with Gasteiger partial charge in [-0.25, -0.2) is 0 Å². The number of thiophene rings is 1. The number of hydrogen-bond acceptors (Lipinski definition) is 3. The lowest BCUT2D eigenvalue weighted by molar-refractivity contribution is 0.427. The third kappa shape index (κ3) is 2.06. The van der Waals surface area contributed by atoms with E-state index < -0.39 is 0 Å². The summed E-state index contributed by atoms with van der Waals surface area (Å²) in [6, 6.07) is 4.61. The predicted octanol–water partition coefficient (Wildman–Crippen LogP) is 4.12. The Morgan fingerprint density at radius 3 is 2.83 bits per heavy atom. The molecule has 0 aliphatic heterocycles. The molecule has 0 radical (unpaired) electrons. The molecule has 2 heterocycles. The molecule has 2 aromatic rings. The number of aromatic nitrogens is 3. The normalized spacial score (nSPS) is 17.3. The maximum absolute atomic E-state index is 5.44. The molecule has 3 nitrogen and oxygen atoms in total. The molecule has 5 heteroatoms. The zero-order chi connectivity index (χ0) is 12.7. The summed E-state index contributed by atoms with van der Waals surface area (Å²) in [5, 5.41) is 9.55. The van der Waals surface area contributed by atoms with Gasteiger partial charge < -0.3 is 0 Å². The first kappa shape index (κ1) is 12.1. The van der Waals surface area contributed by atoms with Gasteiger partial charge in [0.25, 0.3) is 0 Å². The molecule has 3 rings (SSSR count). The van der Waals surface area contributed by atoms with Gasteiger partial charge >= 0.3 is 0 Å². The van der Waals surface area contributed by atoms with Crippen LogP contribution in [-0.4, -0.2) is 14.8 Å². The van der Waals surface area contributed by atoms with Crippen LogP contribution in [0, 0.1) is 10.7 Å². The van der Waals surface area contributed by atoms with Gasteiger partial charge in [-0.3, -0.25) is 9.67 Å². The van der Waals surface area contributed by atoms with Crippen molar-refractivity contribution in [2.24, 2.45) is 5.92 Å². The summed E-state index contributed by atoms with van der Waals surface area (Å²) in [7, 11) is 0. The van der Waals surface area contributed by atoms with E-state index in [1.807, 2.05) is 0 Å². The van der Waals surface area contributed by atoms with Gasteiger partial charge in [-0.15, -0.1) is 11.3 Å². The van der Waals surface area contributed by atoms with Crippen molar-refractivity contribution in [3.63, 3.8) is 0 Å². The molecule has 1 saturated carbocycles. The largest absolute Gasteiger partial charge is 0.295 e. The summed E-state index contributed by atoms with van der Waals surface area (Å²) in [4.78, 5) is 1.37. The average molecular weight is 279 g/mol. The van der Waals surface area contributed by atoms with Crippen LogP contribution in [0.4, 0.5) is 0 Å². The SMILES string of the molecule is CC(C)C(c1cccs1)n1c(C2CC2)n[nH]c1=S. The highest BCUT2D eigenvalue weighted by Crippen LogP contribution is 2.42. The van der Waals surface area contributed by atoms with Crippen molar-refractivity contribution in [2.75, 3.05) is 0 Å². The van der Waals surface area contributed by atoms with E-state index in [9.17, 15) is 0 Å². The second-order valence-electron chi connectivity index (χ2n) is 5.24. The lowest BCUT2D eigenvalue weighted by atomic mass is 10.0. The summed E-state index contributed by atoms with van der Waals surface area (Å²) in [6.45, 7) is 4.49. The highest BCUT2D eigenvalue weighted by atomic mass is 32.1. The standard InChI is InChI=1S/C13H17N3S2/c1-8(2)11(10-4-3-7-18-10)16-12(9-5-6-9)14-15-13(16)17/h3-4,7-9,11H,5-6H2,1-2H3,(H,15,17). The molecule has 1 atom stereocenters. The number of nitrogens with one attached hydrogen (secondary N) is 1. The summed E-state index contributed by atoms with van der Waals surface area (Å²) in [5.41, 5.74) is 0. The average Bonchev–Trinajstić information content (AvgIpc) is 2.90. The van der Waals surface area contributed by atoms with Crippen LogP contribution >= 0.6 is 23.6 Å². The van der Waals surface area contributed by atoms with E-state index in [-0.39, 0.29) is 0 Å². The molecule has 1 N–H and O–H groups in total. The van der Waals surface area contributed by atoms with E-state index in [1.54, 1.807) is 11.3 Å². The van der Waals surface area contributed by atoms with Crippen LogP contribution in [0.1, 0.15) is 49.4 Å². The molecule has 18 heavy (non-hydrogen) atoms. The molecule has 0 bridgehead atoms. The maximum Gasteiger partial charge on any atom is 0.195 e. The monoisotopic (exact) mass is 279 g/mol. The van der Waals surface area contributed by atoms with Crippen LogP contribution in [0.3, 0.4) is 0 Å². The minimum Gasteiger partial charge on any atom is -0.295 e. The third-order valence-corrected chi connectivity index (χ3v) is 4.65. The Balaban J connectivity index is 2.10. The Hall–Kier alpha value is -0.940. The third-order valence-electron chi connectivity index (χ3n) is 3.42. The summed E-state index contributed by atoms with van der Waals surface area (Å²) >= 11 is 7.24. The van der Waals surface area contributed by atoms with E-state index in [4.69, 9.17) is 12.2 Å². The second kappa shape index (κ2) is 4.63. The molecular weight excluding hydrogens is 262 g/mol. The first-order valence-electron chi connectivity index (χ1n) is 6.38. The molecule has 2 aromatic heterocycles. The Bertz CT molecular complexity index is 576. The molecule has 96 valence electrons. The Kier molecular flexibility index (Phi) is 3.11. The minimum absolute atomic E-state index is 0.312. The van der Waals surface area contributed by atoms with Crippen LogP contribution in [0.2, 0.25) is 0 Å². The van der Waals surface area contributed by atoms with Crippen molar-refractivity contribution in [3.8, 4) is 0 Å². The Morgan fingerprint density at radius 1 is 1.50 bits per heavy atom. The van der Waals surface area contributed by atoms with Crippen molar-refractivity contribution in [1.29, 1.82) is 0 Å². The van der Waals surface area contributed by atoms with Gasteiger partial charge in [0.15, 0.2) is 4.77 Å². The van der Waals surface area contributed by atoms with Gasteiger partial charge in [0.2, 0.25) is 0 Å². The lowest BCUT2D eigenvalue weighted by Gasteiger charge is -2.22. The highest BCUT2D eigenvalue weighted by Gasteiger charge is 2.32. The van der Waals surface area contributed by atoms with Crippen molar-refractivity contribution >= 4 is 23.6 Å². The Labute approximate surface area is 116 Å². The van der Waals surface area contributed by atoms with Gasteiger partial charge in [-0.1, -0.05) is 19.9 Å². The van der Waals surface area contributed by atoms with Gasteiger partial charge in [-0.05, 0) is 42.4 Å². The summed E-state index contributed by atoms with van der Waals surface area (Å²) in [6.07, 6.45) is 2.49. The van der Waals surface area contributed by atoms with Gasteiger partial charge in [-0.2, -0.15) is 5.10 Å². The van der Waals surface area contributed by atoms with Crippen LogP contribution in [0.15, 0.2) is 17.5 Å². The van der Waals surface area contributed by atoms with E-state index >= 15 is 0 Å². The van der Waals surface area contributed by atoms with E-state index in [0.717, 1.165) is 10.6 Å². The fourth-order valence-corrected chi connectivity index (χ4v) is 3.67. The molecule has 1 aliphatic carbocycles. The molecular formula is C13H17N3S2.